The minimum Gasteiger partial charge on any atom is -0.370 e. The van der Waals surface area contributed by atoms with Crippen molar-refractivity contribution >= 4 is 11.8 Å². The highest BCUT2D eigenvalue weighted by Gasteiger charge is 2.29. The number of rotatable bonds is 4. The molecule has 0 spiro atoms. The molecule has 5 N–H and O–H groups in total. The molecule has 5 nitrogen and oxygen atoms in total. The van der Waals surface area contributed by atoms with Gasteiger partial charge in [-0.25, -0.2) is 0 Å². The van der Waals surface area contributed by atoms with Gasteiger partial charge in [0, 0.05) is 24.9 Å². The van der Waals surface area contributed by atoms with Gasteiger partial charge in [-0.15, -0.1) is 0 Å². The van der Waals surface area contributed by atoms with Crippen LogP contribution in [0.15, 0.2) is 0 Å². The molecule has 0 aliphatic heterocycles. The lowest BCUT2D eigenvalue weighted by molar-refractivity contribution is -0.126. The molecule has 1 aliphatic carbocycles. The van der Waals surface area contributed by atoms with Crippen LogP contribution in [0.5, 0.6) is 0 Å². The molecule has 2 amide bonds. The highest BCUT2D eigenvalue weighted by atomic mass is 16.2. The molecule has 0 aromatic carbocycles. The zero-order chi connectivity index (χ0) is 12.1. The Balaban J connectivity index is 2.29. The number of carbonyl (C=O) groups excluding carboxylic acids is 2. The van der Waals surface area contributed by atoms with E-state index in [0.717, 1.165) is 19.3 Å². The number of carbonyl (C=O) groups is 2. The first-order valence-electron chi connectivity index (χ1n) is 5.82. The number of hydrogen-bond donors (Lipinski definition) is 3. The molecule has 3 unspecified atom stereocenters. The first-order chi connectivity index (χ1) is 7.50. The molecule has 1 aliphatic rings. The van der Waals surface area contributed by atoms with E-state index < -0.39 is 5.91 Å². The molecule has 0 bridgehead atoms. The second kappa shape index (κ2) is 5.84. The van der Waals surface area contributed by atoms with E-state index in [4.69, 9.17) is 11.5 Å². The Bertz CT molecular complexity index is 268. The zero-order valence-electron chi connectivity index (χ0n) is 9.74. The topological polar surface area (TPSA) is 98.2 Å². The monoisotopic (exact) mass is 227 g/mol. The Morgan fingerprint density at radius 2 is 2.06 bits per heavy atom. The maximum atomic E-state index is 11.7. The van der Waals surface area contributed by atoms with Crippen molar-refractivity contribution < 1.29 is 9.59 Å². The van der Waals surface area contributed by atoms with Gasteiger partial charge in [0.25, 0.3) is 0 Å². The average Bonchev–Trinajstić information content (AvgIpc) is 2.21. The Morgan fingerprint density at radius 1 is 1.38 bits per heavy atom. The zero-order valence-corrected chi connectivity index (χ0v) is 9.74. The molecule has 1 rings (SSSR count). The Hall–Kier alpha value is -1.10. The summed E-state index contributed by atoms with van der Waals surface area (Å²) in [6.07, 6.45) is 2.82. The standard InChI is InChI=1S/C11H21N3O2/c1-7-2-3-8(6-9(7)12)11(16)14-5-4-10(13)15/h7-9H,2-6,12H2,1H3,(H2,13,15)(H,14,16). The van der Waals surface area contributed by atoms with Crippen molar-refractivity contribution in [2.45, 2.75) is 38.6 Å². The molecular formula is C11H21N3O2. The highest BCUT2D eigenvalue weighted by Crippen LogP contribution is 2.27. The summed E-state index contributed by atoms with van der Waals surface area (Å²) in [5, 5.41) is 2.72. The van der Waals surface area contributed by atoms with E-state index in [1.54, 1.807) is 0 Å². The van der Waals surface area contributed by atoms with Gasteiger partial charge in [-0.2, -0.15) is 0 Å². The number of hydrogen-bond acceptors (Lipinski definition) is 3. The second-order valence-corrected chi connectivity index (χ2v) is 4.66. The fourth-order valence-electron chi connectivity index (χ4n) is 2.05. The van der Waals surface area contributed by atoms with Crippen molar-refractivity contribution in [3.63, 3.8) is 0 Å². The predicted octanol–water partition coefficient (Wildman–Crippen LogP) is -0.258. The van der Waals surface area contributed by atoms with Gasteiger partial charge in [-0.05, 0) is 25.2 Å². The van der Waals surface area contributed by atoms with Gasteiger partial charge in [0.2, 0.25) is 11.8 Å². The van der Waals surface area contributed by atoms with E-state index in [2.05, 4.69) is 12.2 Å². The quantitative estimate of drug-likeness (QED) is 0.617. The molecule has 92 valence electrons. The molecule has 1 fully saturated rings. The molecule has 0 radical (unpaired) electrons. The molecule has 1 saturated carbocycles. The summed E-state index contributed by atoms with van der Waals surface area (Å²) in [6, 6.07) is 0.112. The summed E-state index contributed by atoms with van der Waals surface area (Å²) in [7, 11) is 0. The molecule has 3 atom stereocenters. The van der Waals surface area contributed by atoms with Crippen molar-refractivity contribution in [1.82, 2.24) is 5.32 Å². The molecule has 0 aromatic heterocycles. The molecule has 16 heavy (non-hydrogen) atoms. The van der Waals surface area contributed by atoms with Crippen LogP contribution >= 0.6 is 0 Å². The van der Waals surface area contributed by atoms with Crippen LogP contribution in [0.4, 0.5) is 0 Å². The third kappa shape index (κ3) is 3.81. The maximum Gasteiger partial charge on any atom is 0.223 e. The fourth-order valence-corrected chi connectivity index (χ4v) is 2.05. The van der Waals surface area contributed by atoms with E-state index in [1.165, 1.54) is 0 Å². The third-order valence-corrected chi connectivity index (χ3v) is 3.30. The van der Waals surface area contributed by atoms with Crippen LogP contribution in [0.2, 0.25) is 0 Å². The van der Waals surface area contributed by atoms with Gasteiger partial charge in [0.05, 0.1) is 0 Å². The van der Waals surface area contributed by atoms with E-state index in [-0.39, 0.29) is 24.3 Å². The Kier molecular flexibility index (Phi) is 4.73. The third-order valence-electron chi connectivity index (χ3n) is 3.30. The average molecular weight is 227 g/mol. The summed E-state index contributed by atoms with van der Waals surface area (Å²) >= 11 is 0. The minimum absolute atomic E-state index is 0.000855. The molecule has 0 saturated heterocycles. The molecular weight excluding hydrogens is 206 g/mol. The maximum absolute atomic E-state index is 11.7. The van der Waals surface area contributed by atoms with Crippen molar-refractivity contribution in [3.8, 4) is 0 Å². The van der Waals surface area contributed by atoms with Crippen LogP contribution in [0, 0.1) is 11.8 Å². The normalized spacial score (nSPS) is 29.8. The van der Waals surface area contributed by atoms with Crippen LogP contribution in [0.1, 0.15) is 32.6 Å². The van der Waals surface area contributed by atoms with Crippen molar-refractivity contribution in [1.29, 1.82) is 0 Å². The highest BCUT2D eigenvalue weighted by molar-refractivity contribution is 5.80. The van der Waals surface area contributed by atoms with Crippen LogP contribution in [0.25, 0.3) is 0 Å². The molecule has 0 aromatic rings. The van der Waals surface area contributed by atoms with Crippen LogP contribution in [0.3, 0.4) is 0 Å². The Labute approximate surface area is 95.9 Å². The van der Waals surface area contributed by atoms with Gasteiger partial charge in [-0.3, -0.25) is 9.59 Å². The van der Waals surface area contributed by atoms with Crippen molar-refractivity contribution in [2.24, 2.45) is 23.3 Å². The van der Waals surface area contributed by atoms with Crippen molar-refractivity contribution in [2.75, 3.05) is 6.54 Å². The summed E-state index contributed by atoms with van der Waals surface area (Å²) in [5.74, 6) is 0.103. The van der Waals surface area contributed by atoms with E-state index >= 15 is 0 Å². The lowest BCUT2D eigenvalue weighted by Gasteiger charge is -2.30. The first kappa shape index (κ1) is 13.0. The van der Waals surface area contributed by atoms with E-state index in [0.29, 0.717) is 12.5 Å². The summed E-state index contributed by atoms with van der Waals surface area (Å²) < 4.78 is 0. The van der Waals surface area contributed by atoms with Crippen LogP contribution < -0.4 is 16.8 Å². The molecule has 0 heterocycles. The van der Waals surface area contributed by atoms with E-state index in [9.17, 15) is 9.59 Å². The predicted molar refractivity (Wildman–Crippen MR) is 61.3 cm³/mol. The lowest BCUT2D eigenvalue weighted by atomic mass is 9.79. The Morgan fingerprint density at radius 3 is 2.62 bits per heavy atom. The fraction of sp³-hybridized carbons (Fsp3) is 0.818. The van der Waals surface area contributed by atoms with E-state index in [1.807, 2.05) is 0 Å². The van der Waals surface area contributed by atoms with Crippen LogP contribution in [-0.2, 0) is 9.59 Å². The second-order valence-electron chi connectivity index (χ2n) is 4.66. The van der Waals surface area contributed by atoms with Gasteiger partial charge >= 0.3 is 0 Å². The largest absolute Gasteiger partial charge is 0.370 e. The number of nitrogens with one attached hydrogen (secondary N) is 1. The molecule has 5 heteroatoms. The SMILES string of the molecule is CC1CCC(C(=O)NCCC(N)=O)CC1N. The number of amides is 2. The van der Waals surface area contributed by atoms with Crippen molar-refractivity contribution in [3.05, 3.63) is 0 Å². The van der Waals surface area contributed by atoms with Crippen LogP contribution in [-0.4, -0.2) is 24.4 Å². The summed E-state index contributed by atoms with van der Waals surface area (Å²) in [5.41, 5.74) is 10.9. The summed E-state index contributed by atoms with van der Waals surface area (Å²) in [4.78, 5) is 22.2. The number of primary amides is 1. The minimum atomic E-state index is -0.394. The van der Waals surface area contributed by atoms with Gasteiger partial charge in [-0.1, -0.05) is 6.92 Å². The van der Waals surface area contributed by atoms with Gasteiger partial charge in [0.15, 0.2) is 0 Å². The summed E-state index contributed by atoms with van der Waals surface area (Å²) in [6.45, 7) is 2.45. The first-order valence-corrected chi connectivity index (χ1v) is 5.82. The van der Waals surface area contributed by atoms with Gasteiger partial charge in [0.1, 0.15) is 0 Å². The van der Waals surface area contributed by atoms with Gasteiger partial charge < -0.3 is 16.8 Å². The lowest BCUT2D eigenvalue weighted by Crippen LogP contribution is -2.42. The smallest absolute Gasteiger partial charge is 0.223 e. The number of nitrogens with two attached hydrogens (primary N) is 2.